The molecule has 0 N–H and O–H groups in total. The molecule has 1 unspecified atom stereocenters. The lowest BCUT2D eigenvalue weighted by Crippen LogP contribution is -2.35. The summed E-state index contributed by atoms with van der Waals surface area (Å²) in [5.41, 5.74) is 5.98. The third-order valence-corrected chi connectivity index (χ3v) is 6.27. The lowest BCUT2D eigenvalue weighted by molar-refractivity contribution is 0.244. The third kappa shape index (κ3) is 2.50. The van der Waals surface area contributed by atoms with Crippen LogP contribution in [0.4, 0.5) is 0 Å². The van der Waals surface area contributed by atoms with Gasteiger partial charge in [-0.15, -0.1) is 0 Å². The van der Waals surface area contributed by atoms with Gasteiger partial charge in [0, 0.05) is 5.41 Å². The van der Waals surface area contributed by atoms with Crippen LogP contribution in [-0.4, -0.2) is 0 Å². The van der Waals surface area contributed by atoms with E-state index in [1.54, 1.807) is 0 Å². The van der Waals surface area contributed by atoms with E-state index in [-0.39, 0.29) is 16.2 Å². The van der Waals surface area contributed by atoms with E-state index in [1.807, 2.05) is 0 Å². The molecule has 0 aliphatic heterocycles. The topological polar surface area (TPSA) is 0 Å². The second kappa shape index (κ2) is 5.46. The summed E-state index contributed by atoms with van der Waals surface area (Å²) in [4.78, 5) is 0. The quantitative estimate of drug-likeness (QED) is 0.646. The van der Waals surface area contributed by atoms with E-state index >= 15 is 0 Å². The van der Waals surface area contributed by atoms with Crippen molar-refractivity contribution >= 4 is 11.6 Å². The van der Waals surface area contributed by atoms with Crippen LogP contribution in [0.25, 0.3) is 11.6 Å². The lowest BCUT2D eigenvalue weighted by atomic mass is 9.59. The molecule has 0 spiro atoms. The molecule has 0 fully saturated rings. The molecule has 4 rings (SSSR count). The molecule has 0 saturated carbocycles. The summed E-state index contributed by atoms with van der Waals surface area (Å²) in [6.07, 6.45) is 17.6. The Labute approximate surface area is 158 Å². The van der Waals surface area contributed by atoms with Crippen molar-refractivity contribution in [3.05, 3.63) is 81.8 Å². The Morgan fingerprint density at radius 3 is 2.38 bits per heavy atom. The van der Waals surface area contributed by atoms with E-state index in [9.17, 15) is 0 Å². The summed E-state index contributed by atoms with van der Waals surface area (Å²) in [5, 5.41) is 2.74. The fraction of sp³-hybridized carbons (Fsp3) is 0.385. The molecular weight excluding hydrogens is 312 g/mol. The van der Waals surface area contributed by atoms with Crippen molar-refractivity contribution in [3.8, 4) is 0 Å². The van der Waals surface area contributed by atoms with Crippen LogP contribution in [0.2, 0.25) is 0 Å². The maximum atomic E-state index is 2.53. The first-order valence-corrected chi connectivity index (χ1v) is 9.77. The normalized spacial score (nSPS) is 24.2. The maximum absolute atomic E-state index is 2.53. The molecule has 3 aliphatic carbocycles. The van der Waals surface area contributed by atoms with Gasteiger partial charge in [0.15, 0.2) is 0 Å². The first-order chi connectivity index (χ1) is 12.1. The van der Waals surface area contributed by atoms with Gasteiger partial charge in [-0.05, 0) is 50.5 Å². The highest BCUT2D eigenvalue weighted by Gasteiger charge is 2.43. The Balaban J connectivity index is 1.90. The van der Waals surface area contributed by atoms with Gasteiger partial charge in [0.05, 0.1) is 0 Å². The van der Waals surface area contributed by atoms with Gasteiger partial charge in [-0.1, -0.05) is 102 Å². The minimum atomic E-state index is -0.0132. The van der Waals surface area contributed by atoms with E-state index in [0.717, 1.165) is 6.42 Å². The van der Waals surface area contributed by atoms with Gasteiger partial charge in [0.1, 0.15) is 0 Å². The maximum Gasteiger partial charge on any atom is 0.0338 e. The molecule has 1 aromatic carbocycles. The Bertz CT molecular complexity index is 1010. The van der Waals surface area contributed by atoms with Crippen LogP contribution >= 0.6 is 0 Å². The molecule has 0 heterocycles. The van der Waals surface area contributed by atoms with E-state index in [4.69, 9.17) is 0 Å². The molecule has 1 atom stereocenters. The highest BCUT2D eigenvalue weighted by Crippen LogP contribution is 2.53. The van der Waals surface area contributed by atoms with Crippen LogP contribution in [0.3, 0.4) is 0 Å². The third-order valence-electron chi connectivity index (χ3n) is 6.27. The number of hydrogen-bond acceptors (Lipinski definition) is 0. The van der Waals surface area contributed by atoms with E-state index in [2.05, 4.69) is 102 Å². The second-order valence-corrected chi connectivity index (χ2v) is 9.99. The SMILES string of the molecule is CC(C)(C)c1ccc2c(c1)=CC1=CC(C3=CC=CC3)(C(C)(C)C)C=CC=21. The average Bonchev–Trinajstić information content (AvgIpc) is 3.19. The second-order valence-electron chi connectivity index (χ2n) is 9.99. The number of allylic oxidation sites excluding steroid dienone is 8. The van der Waals surface area contributed by atoms with Crippen LogP contribution in [0.15, 0.2) is 65.8 Å². The molecule has 0 nitrogen and oxygen atoms in total. The Kier molecular flexibility index (Phi) is 3.64. The predicted octanol–water partition coefficient (Wildman–Crippen LogP) is 5.34. The highest BCUT2D eigenvalue weighted by atomic mass is 14.5. The van der Waals surface area contributed by atoms with Gasteiger partial charge in [0.25, 0.3) is 0 Å². The van der Waals surface area contributed by atoms with Crippen molar-refractivity contribution < 1.29 is 0 Å². The van der Waals surface area contributed by atoms with E-state index in [1.165, 1.54) is 32.7 Å². The molecular formula is C26H30. The summed E-state index contributed by atoms with van der Waals surface area (Å²) in [6, 6.07) is 6.99. The largest absolute Gasteiger partial charge is 0.0804 e. The molecule has 0 aromatic heterocycles. The van der Waals surface area contributed by atoms with Crippen molar-refractivity contribution in [1.29, 1.82) is 0 Å². The highest BCUT2D eigenvalue weighted by molar-refractivity contribution is 5.89. The fourth-order valence-corrected chi connectivity index (χ4v) is 4.51. The Morgan fingerprint density at radius 2 is 1.77 bits per heavy atom. The fourth-order valence-electron chi connectivity index (χ4n) is 4.51. The van der Waals surface area contributed by atoms with Crippen LogP contribution < -0.4 is 10.4 Å². The van der Waals surface area contributed by atoms with Gasteiger partial charge < -0.3 is 0 Å². The van der Waals surface area contributed by atoms with Crippen molar-refractivity contribution in [3.63, 3.8) is 0 Å². The van der Waals surface area contributed by atoms with Gasteiger partial charge in [-0.2, -0.15) is 0 Å². The summed E-state index contributed by atoms with van der Waals surface area (Å²) >= 11 is 0. The predicted molar refractivity (Wildman–Crippen MR) is 113 cm³/mol. The number of hydrogen-bond donors (Lipinski definition) is 0. The van der Waals surface area contributed by atoms with Gasteiger partial charge in [0.2, 0.25) is 0 Å². The molecule has 134 valence electrons. The standard InChI is InChI=1S/C26H30/c1-24(2,3)21-11-12-22-18(16-21)15-19-17-26(25(4,5)6,14-13-23(19)22)20-9-7-8-10-20/h7-9,11-17H,10H2,1-6H3. The smallest absolute Gasteiger partial charge is 0.0338 e. The average molecular weight is 343 g/mol. The summed E-state index contributed by atoms with van der Waals surface area (Å²) in [7, 11) is 0. The van der Waals surface area contributed by atoms with Crippen molar-refractivity contribution in [2.24, 2.45) is 10.8 Å². The molecule has 1 aromatic rings. The molecule has 0 bridgehead atoms. The van der Waals surface area contributed by atoms with Gasteiger partial charge >= 0.3 is 0 Å². The first kappa shape index (κ1) is 17.3. The minimum absolute atomic E-state index is 0.0132. The summed E-state index contributed by atoms with van der Waals surface area (Å²) in [6.45, 7) is 13.9. The van der Waals surface area contributed by atoms with Crippen LogP contribution in [0.1, 0.15) is 53.5 Å². The number of rotatable bonds is 1. The van der Waals surface area contributed by atoms with Gasteiger partial charge in [-0.3, -0.25) is 0 Å². The number of fused-ring (bicyclic) bond motifs is 2. The molecule has 0 amide bonds. The monoisotopic (exact) mass is 342 g/mol. The Morgan fingerprint density at radius 1 is 1.00 bits per heavy atom. The zero-order chi connectivity index (χ0) is 18.7. The first-order valence-electron chi connectivity index (χ1n) is 9.77. The van der Waals surface area contributed by atoms with Crippen molar-refractivity contribution in [2.75, 3.05) is 0 Å². The zero-order valence-electron chi connectivity index (χ0n) is 17.0. The summed E-state index contributed by atoms with van der Waals surface area (Å²) < 4.78 is 0. The lowest BCUT2D eigenvalue weighted by Gasteiger charge is -2.44. The molecule has 3 aliphatic rings. The summed E-state index contributed by atoms with van der Waals surface area (Å²) in [5.74, 6) is 0. The van der Waals surface area contributed by atoms with E-state index < -0.39 is 0 Å². The Hall–Kier alpha value is -2.08. The number of benzene rings is 1. The van der Waals surface area contributed by atoms with Crippen LogP contribution in [0, 0.1) is 10.8 Å². The van der Waals surface area contributed by atoms with Crippen molar-refractivity contribution in [2.45, 2.75) is 53.4 Å². The van der Waals surface area contributed by atoms with E-state index in [0.29, 0.717) is 0 Å². The molecule has 0 radical (unpaired) electrons. The van der Waals surface area contributed by atoms with Crippen molar-refractivity contribution in [1.82, 2.24) is 0 Å². The molecule has 0 saturated heterocycles. The van der Waals surface area contributed by atoms with Gasteiger partial charge in [-0.25, -0.2) is 0 Å². The zero-order valence-corrected chi connectivity index (χ0v) is 17.0. The van der Waals surface area contributed by atoms with Crippen LogP contribution in [0.5, 0.6) is 0 Å². The minimum Gasteiger partial charge on any atom is -0.0804 e. The van der Waals surface area contributed by atoms with Crippen LogP contribution in [-0.2, 0) is 5.41 Å². The molecule has 26 heavy (non-hydrogen) atoms. The molecule has 0 heteroatoms.